The lowest BCUT2D eigenvalue weighted by Crippen LogP contribution is -2.30. The molecule has 6 nitrogen and oxygen atoms in total. The average molecular weight is 312 g/mol. The molecule has 0 spiro atoms. The fourth-order valence-electron chi connectivity index (χ4n) is 2.09. The normalized spacial score (nSPS) is 11.4. The van der Waals surface area contributed by atoms with Crippen molar-refractivity contribution in [3.63, 3.8) is 0 Å². The molecule has 0 aliphatic heterocycles. The van der Waals surface area contributed by atoms with E-state index in [1.807, 2.05) is 44.2 Å². The zero-order valence-electron chi connectivity index (χ0n) is 12.9. The second kappa shape index (κ2) is 6.08. The van der Waals surface area contributed by atoms with Crippen LogP contribution in [0.15, 0.2) is 57.6 Å². The second-order valence-electron chi connectivity index (χ2n) is 5.55. The van der Waals surface area contributed by atoms with Gasteiger partial charge in [-0.15, -0.1) is 10.2 Å². The topological polar surface area (TPSA) is 78.4 Å². The first-order valence-electron chi connectivity index (χ1n) is 7.16. The Morgan fingerprint density at radius 3 is 2.61 bits per heavy atom. The highest BCUT2D eigenvalue weighted by Crippen LogP contribution is 2.25. The van der Waals surface area contributed by atoms with Crippen molar-refractivity contribution in [1.29, 1.82) is 0 Å². The van der Waals surface area contributed by atoms with Crippen LogP contribution >= 0.6 is 0 Å². The maximum absolute atomic E-state index is 12.3. The lowest BCUT2D eigenvalue weighted by molar-refractivity contribution is -0.151. The van der Waals surface area contributed by atoms with Gasteiger partial charge in [0.05, 0.1) is 11.7 Å². The first-order chi connectivity index (χ1) is 11.1. The third kappa shape index (κ3) is 3.15. The van der Waals surface area contributed by atoms with E-state index in [1.165, 1.54) is 6.26 Å². The molecule has 0 bridgehead atoms. The van der Waals surface area contributed by atoms with Crippen LogP contribution < -0.4 is 0 Å². The molecule has 0 saturated carbocycles. The molecular weight excluding hydrogens is 296 g/mol. The minimum Gasteiger partial charge on any atom is -0.459 e. The summed E-state index contributed by atoms with van der Waals surface area (Å²) in [6, 6.07) is 12.9. The van der Waals surface area contributed by atoms with Crippen molar-refractivity contribution in [2.24, 2.45) is 0 Å². The summed E-state index contributed by atoms with van der Waals surface area (Å²) in [5.74, 6) is 0.582. The molecule has 1 aromatic carbocycles. The predicted molar refractivity (Wildman–Crippen MR) is 81.3 cm³/mol. The van der Waals surface area contributed by atoms with E-state index in [0.29, 0.717) is 5.76 Å². The summed E-state index contributed by atoms with van der Waals surface area (Å²) in [5.41, 5.74) is 0.122. The summed E-state index contributed by atoms with van der Waals surface area (Å²) in [6.45, 7) is 3.54. The Morgan fingerprint density at radius 2 is 1.91 bits per heavy atom. The number of ether oxygens (including phenoxy) is 1. The Labute approximate surface area is 133 Å². The van der Waals surface area contributed by atoms with Crippen molar-refractivity contribution in [2.75, 3.05) is 0 Å². The van der Waals surface area contributed by atoms with Gasteiger partial charge in [0, 0.05) is 0 Å². The number of carbonyl (C=O) groups is 1. The maximum Gasteiger partial charge on any atom is 0.316 e. The summed E-state index contributed by atoms with van der Waals surface area (Å²) in [5, 5.41) is 7.70. The molecule has 0 atom stereocenters. The van der Waals surface area contributed by atoms with E-state index >= 15 is 0 Å². The van der Waals surface area contributed by atoms with Gasteiger partial charge in [-0.1, -0.05) is 30.3 Å². The fraction of sp³-hybridized carbons (Fsp3) is 0.235. The molecule has 0 amide bonds. The summed E-state index contributed by atoms with van der Waals surface area (Å²) in [6.07, 6.45) is 1.52. The molecule has 0 N–H and O–H groups in total. The molecule has 6 heteroatoms. The number of hydrogen-bond acceptors (Lipinski definition) is 6. The van der Waals surface area contributed by atoms with E-state index in [-0.39, 0.29) is 24.4 Å². The van der Waals surface area contributed by atoms with Gasteiger partial charge in [0.1, 0.15) is 0 Å². The largest absolute Gasteiger partial charge is 0.459 e. The molecule has 3 aromatic rings. The number of nitrogens with zero attached hydrogens (tertiary/aromatic N) is 2. The third-order valence-corrected chi connectivity index (χ3v) is 3.53. The second-order valence-corrected chi connectivity index (χ2v) is 5.55. The molecule has 23 heavy (non-hydrogen) atoms. The van der Waals surface area contributed by atoms with Crippen molar-refractivity contribution >= 4 is 5.97 Å². The molecule has 0 unspecified atom stereocenters. The summed E-state index contributed by atoms with van der Waals surface area (Å²) < 4.78 is 15.9. The van der Waals surface area contributed by atoms with Gasteiger partial charge in [-0.2, -0.15) is 0 Å². The molecule has 2 aromatic heterocycles. The van der Waals surface area contributed by atoms with Crippen LogP contribution in [0.25, 0.3) is 11.7 Å². The van der Waals surface area contributed by atoms with E-state index < -0.39 is 5.41 Å². The maximum atomic E-state index is 12.3. The molecule has 2 heterocycles. The standard InChI is InChI=1S/C17H16N2O4/c1-17(2,12-7-4-3-5-8-12)16(20)22-11-14-18-19-15(23-14)13-9-6-10-21-13/h3-10H,11H2,1-2H3. The van der Waals surface area contributed by atoms with Gasteiger partial charge >= 0.3 is 5.97 Å². The molecule has 0 aliphatic rings. The van der Waals surface area contributed by atoms with Gasteiger partial charge in [0.15, 0.2) is 12.4 Å². The van der Waals surface area contributed by atoms with E-state index in [1.54, 1.807) is 12.1 Å². The van der Waals surface area contributed by atoms with Crippen LogP contribution in [-0.4, -0.2) is 16.2 Å². The summed E-state index contributed by atoms with van der Waals surface area (Å²) in [7, 11) is 0. The number of rotatable bonds is 5. The molecule has 118 valence electrons. The smallest absolute Gasteiger partial charge is 0.316 e. The van der Waals surface area contributed by atoms with E-state index in [4.69, 9.17) is 13.6 Å². The van der Waals surface area contributed by atoms with Crippen LogP contribution in [-0.2, 0) is 21.6 Å². The van der Waals surface area contributed by atoms with Gasteiger partial charge in [-0.3, -0.25) is 4.79 Å². The number of benzene rings is 1. The van der Waals surface area contributed by atoms with Crippen LogP contribution in [0, 0.1) is 0 Å². The van der Waals surface area contributed by atoms with Crippen molar-refractivity contribution in [2.45, 2.75) is 25.9 Å². The Balaban J connectivity index is 1.65. The van der Waals surface area contributed by atoms with E-state index in [9.17, 15) is 4.79 Å². The van der Waals surface area contributed by atoms with E-state index in [2.05, 4.69) is 10.2 Å². The monoisotopic (exact) mass is 312 g/mol. The van der Waals surface area contributed by atoms with Gasteiger partial charge in [0.2, 0.25) is 0 Å². The SMILES string of the molecule is CC(C)(C(=O)OCc1nnc(-c2ccco2)o1)c1ccccc1. The van der Waals surface area contributed by atoms with Gasteiger partial charge in [-0.05, 0) is 31.5 Å². The Kier molecular flexibility index (Phi) is 3.97. The fourth-order valence-corrected chi connectivity index (χ4v) is 2.09. The number of aromatic nitrogens is 2. The lowest BCUT2D eigenvalue weighted by Gasteiger charge is -2.22. The molecule has 0 fully saturated rings. The van der Waals surface area contributed by atoms with Crippen molar-refractivity contribution in [3.8, 4) is 11.7 Å². The lowest BCUT2D eigenvalue weighted by atomic mass is 9.85. The van der Waals surface area contributed by atoms with Crippen LogP contribution in [0.3, 0.4) is 0 Å². The van der Waals surface area contributed by atoms with Gasteiger partial charge in [-0.25, -0.2) is 0 Å². The number of esters is 1. The molecule has 0 aliphatic carbocycles. The van der Waals surface area contributed by atoms with Gasteiger partial charge in [0.25, 0.3) is 11.8 Å². The highest BCUT2D eigenvalue weighted by atomic mass is 16.5. The minimum atomic E-state index is -0.759. The predicted octanol–water partition coefficient (Wildman–Crippen LogP) is 3.35. The highest BCUT2D eigenvalue weighted by molar-refractivity contribution is 5.82. The Morgan fingerprint density at radius 1 is 1.13 bits per heavy atom. The van der Waals surface area contributed by atoms with E-state index in [0.717, 1.165) is 5.56 Å². The van der Waals surface area contributed by atoms with Crippen molar-refractivity contribution in [3.05, 3.63) is 60.2 Å². The van der Waals surface area contributed by atoms with Crippen LogP contribution in [0.4, 0.5) is 0 Å². The van der Waals surface area contributed by atoms with Gasteiger partial charge < -0.3 is 13.6 Å². The molecule has 3 rings (SSSR count). The first-order valence-corrected chi connectivity index (χ1v) is 7.16. The van der Waals surface area contributed by atoms with Crippen molar-refractivity contribution < 1.29 is 18.4 Å². The van der Waals surface area contributed by atoms with Crippen LogP contribution in [0.1, 0.15) is 25.3 Å². The first kappa shape index (κ1) is 15.0. The Bertz CT molecular complexity index is 776. The summed E-state index contributed by atoms with van der Waals surface area (Å²) >= 11 is 0. The van der Waals surface area contributed by atoms with Crippen molar-refractivity contribution in [1.82, 2.24) is 10.2 Å². The average Bonchev–Trinajstić information content (AvgIpc) is 3.24. The van der Waals surface area contributed by atoms with Crippen LogP contribution in [0.5, 0.6) is 0 Å². The molecule has 0 radical (unpaired) electrons. The third-order valence-electron chi connectivity index (χ3n) is 3.53. The zero-order valence-corrected chi connectivity index (χ0v) is 12.9. The molecular formula is C17H16N2O4. The van der Waals surface area contributed by atoms with Crippen LogP contribution in [0.2, 0.25) is 0 Å². The zero-order chi connectivity index (χ0) is 16.3. The number of hydrogen-bond donors (Lipinski definition) is 0. The molecule has 0 saturated heterocycles. The number of carbonyl (C=O) groups excluding carboxylic acids is 1. The Hall–Kier alpha value is -2.89. The quantitative estimate of drug-likeness (QED) is 0.672. The minimum absolute atomic E-state index is 0.0806. The summed E-state index contributed by atoms with van der Waals surface area (Å²) in [4.78, 5) is 12.3. The highest BCUT2D eigenvalue weighted by Gasteiger charge is 2.31. The number of furan rings is 1.